The minimum atomic E-state index is -0.394. The molecular weight excluding hydrogens is 272 g/mol. The number of thiophene rings is 2. The van der Waals surface area contributed by atoms with Crippen LogP contribution in [0.15, 0.2) is 10.9 Å². The van der Waals surface area contributed by atoms with E-state index in [2.05, 4.69) is 4.98 Å². The minimum Gasteiger partial charge on any atom is -0.506 e. The van der Waals surface area contributed by atoms with Crippen LogP contribution in [0.3, 0.4) is 0 Å². The number of aromatic hydroxyl groups is 1. The third kappa shape index (κ3) is 1.37. The molecule has 0 aliphatic carbocycles. The average molecular weight is 280 g/mol. The van der Waals surface area contributed by atoms with Crippen LogP contribution in [0.5, 0.6) is 5.75 Å². The fourth-order valence-electron chi connectivity index (χ4n) is 1.90. The van der Waals surface area contributed by atoms with Crippen molar-refractivity contribution in [3.63, 3.8) is 0 Å². The second kappa shape index (κ2) is 3.56. The molecule has 3 aromatic heterocycles. The maximum atomic E-state index is 11.4. The van der Waals surface area contributed by atoms with E-state index in [1.807, 2.05) is 0 Å². The first-order valence-electron chi connectivity index (χ1n) is 5.06. The highest BCUT2D eigenvalue weighted by atomic mass is 32.2. The summed E-state index contributed by atoms with van der Waals surface area (Å²) >= 11 is 2.60. The molecule has 0 saturated carbocycles. The highest BCUT2D eigenvalue weighted by Crippen LogP contribution is 2.45. The van der Waals surface area contributed by atoms with Gasteiger partial charge in [0.05, 0.1) is 30.2 Å². The molecule has 3 aromatic rings. The Morgan fingerprint density at radius 2 is 2.17 bits per heavy atom. The number of nitrogens with one attached hydrogen (secondary N) is 1. The van der Waals surface area contributed by atoms with Gasteiger partial charge in [-0.05, 0) is 0 Å². The first-order valence-corrected chi connectivity index (χ1v) is 6.70. The number of fused-ring (bicyclic) bond motifs is 3. The Labute approximate surface area is 108 Å². The molecule has 5 nitrogen and oxygen atoms in total. The zero-order valence-corrected chi connectivity index (χ0v) is 10.9. The first-order chi connectivity index (χ1) is 8.49. The normalized spacial score (nSPS) is 11.4. The highest BCUT2D eigenvalue weighted by Gasteiger charge is 2.19. The van der Waals surface area contributed by atoms with Crippen LogP contribution in [0, 0.1) is 0 Å². The van der Waals surface area contributed by atoms with Gasteiger partial charge in [-0.15, -0.1) is 22.7 Å². The second-order valence-electron chi connectivity index (χ2n) is 3.89. The molecule has 7 heteroatoms. The van der Waals surface area contributed by atoms with Gasteiger partial charge in [-0.2, -0.15) is 0 Å². The van der Waals surface area contributed by atoms with Crippen molar-refractivity contribution in [3.8, 4) is 5.75 Å². The molecule has 0 fully saturated rings. The van der Waals surface area contributed by atoms with Crippen molar-refractivity contribution in [1.82, 2.24) is 4.98 Å². The van der Waals surface area contributed by atoms with E-state index < -0.39 is 5.56 Å². The summed E-state index contributed by atoms with van der Waals surface area (Å²) in [5.41, 5.74) is 6.42. The number of ketones is 1. The van der Waals surface area contributed by atoms with Crippen molar-refractivity contribution in [2.45, 2.75) is 6.92 Å². The molecule has 0 amide bonds. The van der Waals surface area contributed by atoms with Gasteiger partial charge < -0.3 is 15.8 Å². The number of carbonyl (C=O) groups excluding carboxylic acids is 1. The van der Waals surface area contributed by atoms with Crippen LogP contribution in [0.2, 0.25) is 0 Å². The molecule has 0 unspecified atom stereocenters. The van der Waals surface area contributed by atoms with Crippen molar-refractivity contribution in [2.75, 3.05) is 5.73 Å². The number of H-pyrrole nitrogens is 1. The highest BCUT2D eigenvalue weighted by molar-refractivity contribution is 7.42. The molecule has 0 radical (unpaired) electrons. The topological polar surface area (TPSA) is 96.2 Å². The molecule has 92 valence electrons. The average Bonchev–Trinajstić information content (AvgIpc) is 2.77. The van der Waals surface area contributed by atoms with E-state index in [1.165, 1.54) is 29.6 Å². The predicted octanol–water partition coefficient (Wildman–Crippen LogP) is 2.29. The third-order valence-electron chi connectivity index (χ3n) is 2.65. The lowest BCUT2D eigenvalue weighted by molar-refractivity contribution is 0.102. The summed E-state index contributed by atoms with van der Waals surface area (Å²) in [5.74, 6) is -0.164. The zero-order chi connectivity index (χ0) is 13.0. The van der Waals surface area contributed by atoms with Crippen LogP contribution in [0.25, 0.3) is 19.6 Å². The summed E-state index contributed by atoms with van der Waals surface area (Å²) in [6, 6.07) is 1.13. The van der Waals surface area contributed by atoms with E-state index in [9.17, 15) is 14.7 Å². The fourth-order valence-corrected chi connectivity index (χ4v) is 4.34. The molecule has 0 saturated heterocycles. The van der Waals surface area contributed by atoms with E-state index in [-0.39, 0.29) is 11.5 Å². The molecule has 0 atom stereocenters. The SMILES string of the molecule is CC(=O)c1sc2sc3c(O)cc(=O)[nH]c3c2c1N. The van der Waals surface area contributed by atoms with Gasteiger partial charge in [0.15, 0.2) is 5.78 Å². The number of aromatic amines is 1. The Kier molecular flexibility index (Phi) is 2.23. The fraction of sp³-hybridized carbons (Fsp3) is 0.0909. The van der Waals surface area contributed by atoms with Gasteiger partial charge in [0, 0.05) is 13.0 Å². The van der Waals surface area contributed by atoms with Crippen molar-refractivity contribution < 1.29 is 9.90 Å². The first kappa shape index (κ1) is 11.2. The maximum absolute atomic E-state index is 11.4. The smallest absolute Gasteiger partial charge is 0.252 e. The Morgan fingerprint density at radius 1 is 1.44 bits per heavy atom. The molecule has 0 aliphatic heterocycles. The van der Waals surface area contributed by atoms with Crippen LogP contribution < -0.4 is 11.3 Å². The quantitative estimate of drug-likeness (QED) is 0.596. The number of nitrogens with two attached hydrogens (primary N) is 1. The van der Waals surface area contributed by atoms with Crippen molar-refractivity contribution >= 4 is 53.8 Å². The van der Waals surface area contributed by atoms with Crippen molar-refractivity contribution in [2.24, 2.45) is 0 Å². The number of anilines is 1. The Bertz CT molecular complexity index is 857. The summed E-state index contributed by atoms with van der Waals surface area (Å²) in [6.07, 6.45) is 0. The lowest BCUT2D eigenvalue weighted by Crippen LogP contribution is -2.02. The van der Waals surface area contributed by atoms with E-state index in [1.54, 1.807) is 0 Å². The number of Topliss-reactive ketones (excluding diaryl/α,β-unsaturated/α-hetero) is 1. The molecule has 0 bridgehead atoms. The van der Waals surface area contributed by atoms with Crippen LogP contribution in [-0.2, 0) is 0 Å². The van der Waals surface area contributed by atoms with Gasteiger partial charge in [0.2, 0.25) is 0 Å². The Morgan fingerprint density at radius 3 is 2.83 bits per heavy atom. The number of hydrogen-bond acceptors (Lipinski definition) is 6. The maximum Gasteiger partial charge on any atom is 0.252 e. The van der Waals surface area contributed by atoms with Crippen molar-refractivity contribution in [3.05, 3.63) is 21.3 Å². The summed E-state index contributed by atoms with van der Waals surface area (Å²) in [4.78, 5) is 25.9. The van der Waals surface area contributed by atoms with Crippen molar-refractivity contribution in [1.29, 1.82) is 0 Å². The molecular formula is C11H8N2O3S2. The lowest BCUT2D eigenvalue weighted by Gasteiger charge is -1.96. The number of pyridine rings is 1. The molecule has 4 N–H and O–H groups in total. The predicted molar refractivity (Wildman–Crippen MR) is 73.9 cm³/mol. The van der Waals surface area contributed by atoms with E-state index in [0.717, 1.165) is 10.1 Å². The third-order valence-corrected chi connectivity index (χ3v) is 5.26. The van der Waals surface area contributed by atoms with Gasteiger partial charge in [-0.3, -0.25) is 9.59 Å². The standard InChI is InChI=1S/C11H8N2O3S2/c1-3(14)9-7(12)6-8-10(18-11(6)17-9)4(15)2-5(16)13-8/h2H,12H2,1H3,(H2,13,15,16). The summed E-state index contributed by atoms with van der Waals surface area (Å²) in [6.45, 7) is 1.45. The minimum absolute atomic E-state index is 0.0640. The van der Waals surface area contributed by atoms with Gasteiger partial charge in [0.25, 0.3) is 5.56 Å². The van der Waals surface area contributed by atoms with Crippen LogP contribution in [0.1, 0.15) is 16.6 Å². The second-order valence-corrected chi connectivity index (χ2v) is 6.19. The van der Waals surface area contributed by atoms with E-state index in [4.69, 9.17) is 5.73 Å². The Balaban J connectivity index is 2.55. The Hall–Kier alpha value is -1.86. The number of aromatic nitrogens is 1. The number of rotatable bonds is 1. The zero-order valence-electron chi connectivity index (χ0n) is 9.23. The molecule has 0 aliphatic rings. The van der Waals surface area contributed by atoms with Crippen LogP contribution in [0.4, 0.5) is 5.69 Å². The summed E-state index contributed by atoms with van der Waals surface area (Å²) < 4.78 is 1.41. The van der Waals surface area contributed by atoms with Gasteiger partial charge in [-0.1, -0.05) is 0 Å². The summed E-state index contributed by atoms with van der Waals surface area (Å²) in [7, 11) is 0. The monoisotopic (exact) mass is 280 g/mol. The van der Waals surface area contributed by atoms with Crippen LogP contribution in [-0.4, -0.2) is 15.9 Å². The van der Waals surface area contributed by atoms with Gasteiger partial charge in [-0.25, -0.2) is 0 Å². The molecule has 18 heavy (non-hydrogen) atoms. The molecule has 0 spiro atoms. The largest absolute Gasteiger partial charge is 0.506 e. The molecule has 0 aromatic carbocycles. The van der Waals surface area contributed by atoms with Gasteiger partial charge in [0.1, 0.15) is 5.75 Å². The lowest BCUT2D eigenvalue weighted by atomic mass is 10.2. The van der Waals surface area contributed by atoms with E-state index in [0.29, 0.717) is 26.2 Å². The summed E-state index contributed by atoms with van der Waals surface area (Å²) in [5, 5.41) is 10.4. The number of hydrogen-bond donors (Lipinski definition) is 3. The number of nitrogen functional groups attached to an aromatic ring is 1. The number of carbonyl (C=O) groups is 1. The molecule has 3 heterocycles. The molecule has 3 rings (SSSR count). The van der Waals surface area contributed by atoms with Crippen LogP contribution >= 0.6 is 22.7 Å². The van der Waals surface area contributed by atoms with Gasteiger partial charge >= 0.3 is 0 Å². The van der Waals surface area contributed by atoms with E-state index >= 15 is 0 Å².